The highest BCUT2D eigenvalue weighted by Gasteiger charge is 2.50. The van der Waals surface area contributed by atoms with Crippen molar-refractivity contribution in [3.8, 4) is 16.9 Å². The Morgan fingerprint density at radius 3 is 2.93 bits per heavy atom. The third-order valence-electron chi connectivity index (χ3n) is 5.55. The van der Waals surface area contributed by atoms with Gasteiger partial charge in [-0.15, -0.1) is 12.4 Å². The zero-order chi connectivity index (χ0) is 20.8. The second-order valence-electron chi connectivity index (χ2n) is 7.21. The molecular weight excluding hydrogens is 381 g/mol. The number of ether oxygens (including phenoxy) is 1. The summed E-state index contributed by atoms with van der Waals surface area (Å²) in [6, 6.07) is 7.64. The van der Waals surface area contributed by atoms with Crippen LogP contribution in [0.1, 0.15) is 40.7 Å². The van der Waals surface area contributed by atoms with Crippen molar-refractivity contribution >= 4 is 18.3 Å². The van der Waals surface area contributed by atoms with Gasteiger partial charge < -0.3 is 9.64 Å². The lowest BCUT2D eigenvalue weighted by Crippen LogP contribution is -2.47. The molecule has 1 amide bonds. The van der Waals surface area contributed by atoms with Gasteiger partial charge in [0, 0.05) is 25.4 Å². The van der Waals surface area contributed by atoms with Crippen molar-refractivity contribution < 1.29 is 16.7 Å². The zero-order valence-corrected chi connectivity index (χ0v) is 16.7. The van der Waals surface area contributed by atoms with Crippen molar-refractivity contribution in [1.82, 2.24) is 15.2 Å². The van der Waals surface area contributed by atoms with Crippen LogP contribution in [0.5, 0.6) is 5.75 Å². The van der Waals surface area contributed by atoms with Crippen LogP contribution in [-0.4, -0.2) is 41.5 Å². The van der Waals surface area contributed by atoms with E-state index in [0.29, 0.717) is 11.1 Å². The Bertz CT molecular complexity index is 956. The summed E-state index contributed by atoms with van der Waals surface area (Å²) in [6.07, 6.45) is 3.96. The van der Waals surface area contributed by atoms with E-state index in [0.717, 1.165) is 31.5 Å². The van der Waals surface area contributed by atoms with Gasteiger partial charge in [-0.25, -0.2) is 4.39 Å². The molecule has 0 aliphatic carbocycles. The van der Waals surface area contributed by atoms with E-state index in [2.05, 4.69) is 10.3 Å². The van der Waals surface area contributed by atoms with Gasteiger partial charge >= 0.3 is 0 Å². The van der Waals surface area contributed by atoms with Crippen LogP contribution in [0.2, 0.25) is 0 Å². The molecule has 150 valence electrons. The van der Waals surface area contributed by atoms with Gasteiger partial charge in [0.2, 0.25) is 5.91 Å². The highest BCUT2D eigenvalue weighted by molar-refractivity contribution is 5.88. The highest BCUT2D eigenvalue weighted by Crippen LogP contribution is 2.39. The molecular formula is C21H25ClFN3O2. The molecule has 0 unspecified atom stereocenters. The van der Waals surface area contributed by atoms with E-state index in [1.54, 1.807) is 17.2 Å². The lowest BCUT2D eigenvalue weighted by molar-refractivity contribution is -0.131. The summed E-state index contributed by atoms with van der Waals surface area (Å²) in [5, 5.41) is 3.48. The summed E-state index contributed by atoms with van der Waals surface area (Å²) < 4.78 is 34.8. The van der Waals surface area contributed by atoms with Crippen molar-refractivity contribution in [2.24, 2.45) is 0 Å². The summed E-state index contributed by atoms with van der Waals surface area (Å²) in [6.45, 7) is 0.181. The van der Waals surface area contributed by atoms with E-state index in [4.69, 9.17) is 7.48 Å². The first-order valence-corrected chi connectivity index (χ1v) is 9.15. The number of amides is 1. The Labute approximate surface area is 173 Å². The zero-order valence-electron chi connectivity index (χ0n) is 17.9. The fourth-order valence-electron chi connectivity index (χ4n) is 4.10. The Morgan fingerprint density at radius 1 is 1.39 bits per heavy atom. The first-order valence-electron chi connectivity index (χ1n) is 10.2. The minimum Gasteiger partial charge on any atom is -0.494 e. The molecule has 1 N–H and O–H groups in total. The Balaban J connectivity index is 0.00000256. The molecule has 0 radical (unpaired) electrons. The van der Waals surface area contributed by atoms with E-state index in [1.807, 2.05) is 13.1 Å². The molecule has 1 aromatic carbocycles. The van der Waals surface area contributed by atoms with Gasteiger partial charge in [-0.2, -0.15) is 0 Å². The predicted octanol–water partition coefficient (Wildman–Crippen LogP) is 3.73. The van der Waals surface area contributed by atoms with Gasteiger partial charge in [-0.05, 0) is 62.1 Å². The van der Waals surface area contributed by atoms with Crippen LogP contribution in [0.25, 0.3) is 11.1 Å². The first-order chi connectivity index (χ1) is 13.7. The molecule has 5 nitrogen and oxygen atoms in total. The molecule has 0 bridgehead atoms. The van der Waals surface area contributed by atoms with Gasteiger partial charge in [0.25, 0.3) is 0 Å². The van der Waals surface area contributed by atoms with Gasteiger partial charge in [0.15, 0.2) is 0 Å². The number of hydrogen-bond donors (Lipinski definition) is 1. The molecule has 2 fully saturated rings. The number of nitrogens with zero attached hydrogens (tertiary/aromatic N) is 2. The van der Waals surface area contributed by atoms with Crippen molar-refractivity contribution in [3.63, 3.8) is 0 Å². The average molecular weight is 408 g/mol. The van der Waals surface area contributed by atoms with Gasteiger partial charge in [-0.3, -0.25) is 15.1 Å². The molecule has 2 aliphatic heterocycles. The van der Waals surface area contributed by atoms with E-state index >= 15 is 0 Å². The monoisotopic (exact) mass is 407 g/mol. The van der Waals surface area contributed by atoms with E-state index < -0.39 is 17.9 Å². The average Bonchev–Trinajstić information content (AvgIpc) is 3.22. The van der Waals surface area contributed by atoms with Crippen LogP contribution in [0.4, 0.5) is 4.39 Å². The normalized spacial score (nSPS) is 25.5. The lowest BCUT2D eigenvalue weighted by atomic mass is 9.96. The SMILES string of the molecule is Cl.[2H]C([2H])(C)Oc1ccc(F)c(-c2ccnc([C@H]3CC[C@@]4(CCN(C)C4=O)N3)c2)c1. The molecule has 2 saturated heterocycles. The number of benzene rings is 1. The van der Waals surface area contributed by atoms with Gasteiger partial charge in [-0.1, -0.05) is 0 Å². The fourth-order valence-corrected chi connectivity index (χ4v) is 4.10. The maximum absolute atomic E-state index is 14.5. The summed E-state index contributed by atoms with van der Waals surface area (Å²) >= 11 is 0. The number of nitrogens with one attached hydrogen (secondary N) is 1. The molecule has 4 rings (SSSR count). The van der Waals surface area contributed by atoms with Crippen LogP contribution < -0.4 is 10.1 Å². The second-order valence-corrected chi connectivity index (χ2v) is 7.21. The number of pyridine rings is 1. The maximum atomic E-state index is 14.5. The number of halogens is 2. The lowest BCUT2D eigenvalue weighted by Gasteiger charge is -2.23. The Kier molecular flexibility index (Phi) is 5.14. The molecule has 2 atom stereocenters. The fraction of sp³-hybridized carbons (Fsp3) is 0.429. The maximum Gasteiger partial charge on any atom is 0.242 e. The number of carbonyl (C=O) groups excluding carboxylic acids is 1. The molecule has 1 aromatic heterocycles. The van der Waals surface area contributed by atoms with E-state index in [1.165, 1.54) is 25.1 Å². The molecule has 3 heterocycles. The number of hydrogen-bond acceptors (Lipinski definition) is 4. The first kappa shape index (κ1) is 17.9. The third kappa shape index (κ3) is 3.59. The van der Waals surface area contributed by atoms with Crippen LogP contribution in [0.15, 0.2) is 36.5 Å². The number of aromatic nitrogens is 1. The molecule has 0 saturated carbocycles. The van der Waals surface area contributed by atoms with Crippen LogP contribution in [0, 0.1) is 5.82 Å². The van der Waals surface area contributed by atoms with E-state index in [-0.39, 0.29) is 30.1 Å². The van der Waals surface area contributed by atoms with Gasteiger partial charge in [0.05, 0.1) is 21.0 Å². The molecule has 2 aromatic rings. The molecule has 2 aliphatic rings. The molecule has 1 spiro atoms. The van der Waals surface area contributed by atoms with Crippen LogP contribution >= 0.6 is 12.4 Å². The van der Waals surface area contributed by atoms with E-state index in [9.17, 15) is 9.18 Å². The number of carbonyl (C=O) groups is 1. The summed E-state index contributed by atoms with van der Waals surface area (Å²) in [4.78, 5) is 18.8. The summed E-state index contributed by atoms with van der Waals surface area (Å²) in [5.41, 5.74) is 1.20. The summed E-state index contributed by atoms with van der Waals surface area (Å²) in [5.74, 6) is -0.0414. The van der Waals surface area contributed by atoms with Crippen LogP contribution in [-0.2, 0) is 4.79 Å². The highest BCUT2D eigenvalue weighted by atomic mass is 35.5. The topological polar surface area (TPSA) is 54.5 Å². The number of likely N-dealkylation sites (tertiary alicyclic amines) is 1. The standard InChI is InChI=1S/C21H24FN3O2.ClH/c1-3-27-15-4-5-17(22)16(13-15)14-7-10-23-19(12-14)18-6-8-21(24-18)9-11-25(2)20(21)26;/h4-5,7,10,12-13,18,24H,3,6,8-9,11H2,1-2H3;1H/t18-,21+;/m1./s1/i3D2;. The molecule has 28 heavy (non-hydrogen) atoms. The number of likely N-dealkylation sites (N-methyl/N-ethyl adjacent to an activating group) is 1. The molecule has 7 heteroatoms. The Morgan fingerprint density at radius 2 is 2.21 bits per heavy atom. The van der Waals surface area contributed by atoms with Crippen LogP contribution in [0.3, 0.4) is 0 Å². The minimum absolute atomic E-state index is 0. The smallest absolute Gasteiger partial charge is 0.242 e. The van der Waals surface area contributed by atoms with Crippen molar-refractivity contribution in [2.75, 3.05) is 20.2 Å². The predicted molar refractivity (Wildman–Crippen MR) is 108 cm³/mol. The third-order valence-corrected chi connectivity index (χ3v) is 5.55. The summed E-state index contributed by atoms with van der Waals surface area (Å²) in [7, 11) is 1.82. The quantitative estimate of drug-likeness (QED) is 0.839. The van der Waals surface area contributed by atoms with Crippen molar-refractivity contribution in [2.45, 2.75) is 37.8 Å². The largest absolute Gasteiger partial charge is 0.494 e. The van der Waals surface area contributed by atoms with Crippen molar-refractivity contribution in [3.05, 3.63) is 48.0 Å². The number of rotatable bonds is 4. The van der Waals surface area contributed by atoms with Crippen molar-refractivity contribution in [1.29, 1.82) is 0 Å². The van der Waals surface area contributed by atoms with Gasteiger partial charge in [0.1, 0.15) is 17.1 Å². The second kappa shape index (κ2) is 8.05. The Hall–Kier alpha value is -2.18. The minimum atomic E-state index is -1.86.